The fourth-order valence-electron chi connectivity index (χ4n) is 4.15. The molecule has 26 heavy (non-hydrogen) atoms. The fourth-order valence-corrected chi connectivity index (χ4v) is 4.15. The third-order valence-electron chi connectivity index (χ3n) is 6.01. The summed E-state index contributed by atoms with van der Waals surface area (Å²) in [4.78, 5) is 11.2. The fraction of sp³-hybridized carbons (Fsp3) is 0.958. The first-order chi connectivity index (χ1) is 12.8. The van der Waals surface area contributed by atoms with Crippen molar-refractivity contribution in [2.45, 2.75) is 135 Å². The van der Waals surface area contributed by atoms with Crippen molar-refractivity contribution in [3.05, 3.63) is 0 Å². The van der Waals surface area contributed by atoms with Crippen LogP contribution in [0, 0.1) is 5.92 Å². The zero-order chi connectivity index (χ0) is 18.7. The van der Waals surface area contributed by atoms with Crippen molar-refractivity contribution in [2.24, 2.45) is 5.92 Å². The summed E-state index contributed by atoms with van der Waals surface area (Å²) in [5, 5.41) is 0. The number of cyclic esters (lactones) is 1. The van der Waals surface area contributed by atoms with Gasteiger partial charge in [0.25, 0.3) is 0 Å². The third-order valence-corrected chi connectivity index (χ3v) is 6.01. The van der Waals surface area contributed by atoms with Crippen LogP contribution in [0.3, 0.4) is 0 Å². The van der Waals surface area contributed by atoms with E-state index in [1.165, 1.54) is 109 Å². The van der Waals surface area contributed by atoms with Gasteiger partial charge in [-0.25, -0.2) is 0 Å². The van der Waals surface area contributed by atoms with E-state index in [0.29, 0.717) is 13.0 Å². The highest BCUT2D eigenvalue weighted by Crippen LogP contribution is 2.23. The summed E-state index contributed by atoms with van der Waals surface area (Å²) in [7, 11) is 0. The van der Waals surface area contributed by atoms with Crippen LogP contribution in [-0.2, 0) is 9.53 Å². The highest BCUT2D eigenvalue weighted by molar-refractivity contribution is 5.69. The molecule has 1 unspecified atom stereocenters. The molecule has 1 atom stereocenters. The summed E-state index contributed by atoms with van der Waals surface area (Å²) < 4.78 is 5.13. The molecule has 1 rings (SSSR count). The number of ether oxygens (including phenoxy) is 1. The highest BCUT2D eigenvalue weighted by atomic mass is 16.5. The number of hydrogen-bond donors (Lipinski definition) is 0. The molecule has 2 heteroatoms. The van der Waals surface area contributed by atoms with Crippen molar-refractivity contribution >= 4 is 5.97 Å². The molecule has 0 aromatic rings. The maximum atomic E-state index is 11.2. The van der Waals surface area contributed by atoms with Crippen LogP contribution in [0.15, 0.2) is 0 Å². The van der Waals surface area contributed by atoms with Crippen LogP contribution in [0.2, 0.25) is 0 Å². The van der Waals surface area contributed by atoms with E-state index in [-0.39, 0.29) is 5.97 Å². The SMILES string of the molecule is CCCCCCCCCCCCCCCCCCC1CCOC(=O)CC1. The van der Waals surface area contributed by atoms with E-state index in [0.717, 1.165) is 18.8 Å². The molecule has 0 spiro atoms. The lowest BCUT2D eigenvalue weighted by Crippen LogP contribution is -2.01. The number of esters is 1. The molecule has 154 valence electrons. The van der Waals surface area contributed by atoms with Crippen LogP contribution in [0.5, 0.6) is 0 Å². The molecule has 0 bridgehead atoms. The normalized spacial score (nSPS) is 17.9. The van der Waals surface area contributed by atoms with Crippen molar-refractivity contribution < 1.29 is 9.53 Å². The molecule has 0 amide bonds. The Bertz CT molecular complexity index is 313. The van der Waals surface area contributed by atoms with Crippen LogP contribution in [0.25, 0.3) is 0 Å². The van der Waals surface area contributed by atoms with Crippen LogP contribution in [-0.4, -0.2) is 12.6 Å². The molecule has 0 aromatic carbocycles. The van der Waals surface area contributed by atoms with E-state index in [9.17, 15) is 4.79 Å². The minimum absolute atomic E-state index is 0.0134. The van der Waals surface area contributed by atoms with Crippen molar-refractivity contribution in [1.82, 2.24) is 0 Å². The standard InChI is InChI=1S/C24H46O2/c1-2-3-4-5-6-7-8-9-10-11-12-13-14-15-16-17-18-23-19-20-24(25)26-22-21-23/h23H,2-22H2,1H3. The van der Waals surface area contributed by atoms with E-state index in [2.05, 4.69) is 6.92 Å². The van der Waals surface area contributed by atoms with E-state index in [4.69, 9.17) is 4.74 Å². The average molecular weight is 367 g/mol. The van der Waals surface area contributed by atoms with E-state index < -0.39 is 0 Å². The van der Waals surface area contributed by atoms with Crippen molar-refractivity contribution in [3.8, 4) is 0 Å². The molecule has 1 heterocycles. The van der Waals surface area contributed by atoms with Crippen LogP contribution in [0.1, 0.15) is 135 Å². The topological polar surface area (TPSA) is 26.3 Å². The number of carbonyl (C=O) groups excluding carboxylic acids is 1. The lowest BCUT2D eigenvalue weighted by molar-refractivity contribution is -0.142. The van der Waals surface area contributed by atoms with Gasteiger partial charge >= 0.3 is 5.97 Å². The summed E-state index contributed by atoms with van der Waals surface area (Å²) in [6.07, 6.45) is 27.0. The molecule has 2 nitrogen and oxygen atoms in total. The zero-order valence-corrected chi connectivity index (χ0v) is 17.7. The maximum Gasteiger partial charge on any atom is 0.305 e. The summed E-state index contributed by atoms with van der Waals surface area (Å²) in [6.45, 7) is 2.95. The Morgan fingerprint density at radius 2 is 1.15 bits per heavy atom. The molecule has 1 saturated heterocycles. The number of carbonyl (C=O) groups is 1. The predicted molar refractivity (Wildman–Crippen MR) is 112 cm³/mol. The Kier molecular flexibility index (Phi) is 16.2. The van der Waals surface area contributed by atoms with Crippen LogP contribution >= 0.6 is 0 Å². The molecule has 0 aliphatic carbocycles. The molecule has 1 aliphatic heterocycles. The van der Waals surface area contributed by atoms with Gasteiger partial charge in [0.1, 0.15) is 0 Å². The zero-order valence-electron chi connectivity index (χ0n) is 17.7. The molecule has 1 aliphatic rings. The molecule has 0 aromatic heterocycles. The van der Waals surface area contributed by atoms with Gasteiger partial charge in [0.05, 0.1) is 6.61 Å². The minimum Gasteiger partial charge on any atom is -0.466 e. The molecule has 0 radical (unpaired) electrons. The summed E-state index contributed by atoms with van der Waals surface area (Å²) in [6, 6.07) is 0. The Labute approximate surface area is 163 Å². The lowest BCUT2D eigenvalue weighted by atomic mass is 9.93. The van der Waals surface area contributed by atoms with Gasteiger partial charge in [-0.05, 0) is 18.8 Å². The average Bonchev–Trinajstić information content (AvgIpc) is 2.85. The second-order valence-electron chi connectivity index (χ2n) is 8.51. The Morgan fingerprint density at radius 3 is 1.65 bits per heavy atom. The Balaban J connectivity index is 1.72. The van der Waals surface area contributed by atoms with Crippen molar-refractivity contribution in [3.63, 3.8) is 0 Å². The third kappa shape index (κ3) is 14.6. The van der Waals surface area contributed by atoms with Gasteiger partial charge in [0.15, 0.2) is 0 Å². The van der Waals surface area contributed by atoms with Gasteiger partial charge < -0.3 is 4.74 Å². The first-order valence-electron chi connectivity index (χ1n) is 12.0. The monoisotopic (exact) mass is 366 g/mol. The summed E-state index contributed by atoms with van der Waals surface area (Å²) in [5.41, 5.74) is 0. The first-order valence-corrected chi connectivity index (χ1v) is 12.0. The van der Waals surface area contributed by atoms with Gasteiger partial charge in [-0.1, -0.05) is 116 Å². The minimum atomic E-state index is 0.0134. The van der Waals surface area contributed by atoms with Crippen molar-refractivity contribution in [1.29, 1.82) is 0 Å². The molecular formula is C24H46O2. The number of rotatable bonds is 17. The first kappa shape index (κ1) is 23.5. The maximum absolute atomic E-state index is 11.2. The summed E-state index contributed by atoms with van der Waals surface area (Å²) in [5.74, 6) is 0.743. The quantitative estimate of drug-likeness (QED) is 0.193. The smallest absolute Gasteiger partial charge is 0.305 e. The van der Waals surface area contributed by atoms with E-state index in [1.54, 1.807) is 0 Å². The molecule has 1 fully saturated rings. The van der Waals surface area contributed by atoms with Crippen molar-refractivity contribution in [2.75, 3.05) is 6.61 Å². The van der Waals surface area contributed by atoms with E-state index >= 15 is 0 Å². The second-order valence-corrected chi connectivity index (χ2v) is 8.51. The van der Waals surface area contributed by atoms with Gasteiger partial charge in [-0.2, -0.15) is 0 Å². The van der Waals surface area contributed by atoms with Gasteiger partial charge in [0, 0.05) is 6.42 Å². The molecule has 0 saturated carbocycles. The van der Waals surface area contributed by atoms with Crippen LogP contribution < -0.4 is 0 Å². The molecular weight excluding hydrogens is 320 g/mol. The predicted octanol–water partition coefficient (Wildman–Crippen LogP) is 7.98. The van der Waals surface area contributed by atoms with Crippen LogP contribution in [0.4, 0.5) is 0 Å². The Morgan fingerprint density at radius 1 is 0.692 bits per heavy atom. The van der Waals surface area contributed by atoms with Gasteiger partial charge in [-0.3, -0.25) is 4.79 Å². The second kappa shape index (κ2) is 17.9. The number of unbranched alkanes of at least 4 members (excludes halogenated alkanes) is 15. The highest BCUT2D eigenvalue weighted by Gasteiger charge is 2.16. The van der Waals surface area contributed by atoms with Gasteiger partial charge in [-0.15, -0.1) is 0 Å². The lowest BCUT2D eigenvalue weighted by Gasteiger charge is -2.11. The number of hydrogen-bond acceptors (Lipinski definition) is 2. The largest absolute Gasteiger partial charge is 0.466 e. The van der Waals surface area contributed by atoms with E-state index in [1.807, 2.05) is 0 Å². The summed E-state index contributed by atoms with van der Waals surface area (Å²) >= 11 is 0. The van der Waals surface area contributed by atoms with Gasteiger partial charge in [0.2, 0.25) is 0 Å². The molecule has 0 N–H and O–H groups in total. The Hall–Kier alpha value is -0.530.